The summed E-state index contributed by atoms with van der Waals surface area (Å²) in [5, 5.41) is 41.6. The third-order valence-corrected chi connectivity index (χ3v) is 17.8. The number of carbonyl (C=O) groups is 14. The van der Waals surface area contributed by atoms with Crippen LogP contribution in [0.15, 0.2) is 60.7 Å². The molecule has 31 heteroatoms. The van der Waals surface area contributed by atoms with E-state index in [0.717, 1.165) is 16.5 Å². The number of nitrogens with zero attached hydrogens (tertiary/aromatic N) is 2. The molecule has 8 atom stereocenters. The molecule has 3 aliphatic rings. The van der Waals surface area contributed by atoms with Gasteiger partial charge in [-0.25, -0.2) is 4.79 Å². The van der Waals surface area contributed by atoms with Gasteiger partial charge in [0.2, 0.25) is 59.1 Å². The summed E-state index contributed by atoms with van der Waals surface area (Å²) in [6.07, 6.45) is -2.17. The Balaban J connectivity index is 1.08. The minimum absolute atomic E-state index is 0.117. The molecule has 3 aliphatic heterocycles. The van der Waals surface area contributed by atoms with Crippen molar-refractivity contribution >= 4 is 145 Å². The van der Waals surface area contributed by atoms with E-state index in [1.165, 1.54) is 27.7 Å². The lowest BCUT2D eigenvalue weighted by molar-refractivity contribution is -0.141. The average molecular weight is 1420 g/mol. The SMILES string of the molecule is CC1NC(=O)CCOCCNC(=O)[C@H](CC(=O)CCC(=O)O)[C@H](NC(=O)CCC(=O)O)C(=O)NCCOCCC(=O)NC(C)C(=O)NC(C)C(=O)Oc2cc3c(c4ccccc24)[C@H](CCl)CN3C(=O)CCCCCC(=O)N2C[C@@H](CCl)c3c2cc(c2ccccc32)NC(=O)C(C)NC1=O. The second kappa shape index (κ2) is 37.0. The van der Waals surface area contributed by atoms with Crippen LogP contribution in [0.5, 0.6) is 5.75 Å². The number of esters is 1. The van der Waals surface area contributed by atoms with Crippen LogP contribution in [0.1, 0.15) is 128 Å². The van der Waals surface area contributed by atoms with Crippen LogP contribution < -0.4 is 57.1 Å². The van der Waals surface area contributed by atoms with Gasteiger partial charge in [0.05, 0.1) is 56.6 Å². The van der Waals surface area contributed by atoms with Crippen LogP contribution in [0.2, 0.25) is 0 Å². The highest BCUT2D eigenvalue weighted by Crippen LogP contribution is 2.47. The Morgan fingerprint density at radius 3 is 1.55 bits per heavy atom. The van der Waals surface area contributed by atoms with Gasteiger partial charge < -0.3 is 76.8 Å². The molecule has 0 saturated heterocycles. The van der Waals surface area contributed by atoms with E-state index in [-0.39, 0.29) is 119 Å². The predicted molar refractivity (Wildman–Crippen MR) is 363 cm³/mol. The molecular weight excluding hydrogens is 1330 g/mol. The number of halogens is 2. The molecule has 0 aromatic heterocycles. The predicted octanol–water partition coefficient (Wildman–Crippen LogP) is 3.69. The molecule has 4 bridgehead atoms. The summed E-state index contributed by atoms with van der Waals surface area (Å²) >= 11 is 13.1. The third-order valence-electron chi connectivity index (χ3n) is 17.0. The highest BCUT2D eigenvalue weighted by molar-refractivity contribution is 6.20. The molecule has 3 heterocycles. The average Bonchev–Trinajstić information content (AvgIpc) is 1.64. The molecule has 0 aliphatic carbocycles. The maximum absolute atomic E-state index is 14.2. The smallest absolute Gasteiger partial charge is 0.333 e. The Kier molecular flexibility index (Phi) is 28.8. The maximum Gasteiger partial charge on any atom is 0.333 e. The fourth-order valence-electron chi connectivity index (χ4n) is 11.8. The molecule has 10 amide bonds. The van der Waals surface area contributed by atoms with E-state index in [1.54, 1.807) is 40.1 Å². The largest absolute Gasteiger partial charge is 0.481 e. The Hall–Kier alpha value is -9.32. The van der Waals surface area contributed by atoms with Crippen molar-refractivity contribution in [3.63, 3.8) is 0 Å². The van der Waals surface area contributed by atoms with Crippen molar-refractivity contribution in [1.29, 1.82) is 0 Å². The fraction of sp³-hybridized carbons (Fsp3) is 0.500. The van der Waals surface area contributed by atoms with Crippen molar-refractivity contribution in [2.45, 2.75) is 147 Å². The van der Waals surface area contributed by atoms with Gasteiger partial charge in [0.25, 0.3) is 0 Å². The number of ether oxygens (including phenoxy) is 3. The molecule has 0 saturated carbocycles. The molecule has 10 N–H and O–H groups in total. The number of aliphatic carboxylic acids is 2. The van der Waals surface area contributed by atoms with Crippen molar-refractivity contribution in [3.8, 4) is 5.75 Å². The number of amides is 10. The van der Waals surface area contributed by atoms with Gasteiger partial charge in [-0.3, -0.25) is 62.3 Å². The van der Waals surface area contributed by atoms with Crippen molar-refractivity contribution in [2.24, 2.45) is 5.92 Å². The number of carboxylic acid groups (broad SMARTS) is 2. The van der Waals surface area contributed by atoms with Gasteiger partial charge in [-0.15, -0.1) is 23.2 Å². The zero-order valence-corrected chi connectivity index (χ0v) is 56.9. The lowest BCUT2D eigenvalue weighted by atomic mass is 9.90. The molecule has 534 valence electrons. The molecule has 0 radical (unpaired) electrons. The fourth-order valence-corrected chi connectivity index (χ4v) is 12.3. The van der Waals surface area contributed by atoms with Gasteiger partial charge in [0, 0.05) is 117 Å². The van der Waals surface area contributed by atoms with E-state index in [9.17, 15) is 77.3 Å². The highest BCUT2D eigenvalue weighted by atomic mass is 35.5. The number of benzene rings is 4. The summed E-state index contributed by atoms with van der Waals surface area (Å²) in [5.41, 5.74) is 3.06. The van der Waals surface area contributed by atoms with Gasteiger partial charge in [-0.1, -0.05) is 55.0 Å². The minimum atomic E-state index is -1.83. The number of rotatable bonds is 11. The number of Topliss-reactive ketones (excluding diaryl/α,β-unsaturated/α-hetero) is 1. The molecular formula is C68H84Cl2N10O19. The first-order chi connectivity index (χ1) is 47.3. The van der Waals surface area contributed by atoms with E-state index < -0.39 is 139 Å². The minimum Gasteiger partial charge on any atom is -0.481 e. The Morgan fingerprint density at radius 2 is 1.01 bits per heavy atom. The molecule has 99 heavy (non-hydrogen) atoms. The van der Waals surface area contributed by atoms with Gasteiger partial charge in [0.15, 0.2) is 0 Å². The summed E-state index contributed by atoms with van der Waals surface area (Å²) < 4.78 is 17.0. The summed E-state index contributed by atoms with van der Waals surface area (Å²) in [6, 6.07) is 11.3. The number of fused-ring (bicyclic) bond motifs is 8. The van der Waals surface area contributed by atoms with Gasteiger partial charge in [-0.2, -0.15) is 0 Å². The third kappa shape index (κ3) is 21.3. The molecule has 0 spiro atoms. The second-order valence-electron chi connectivity index (χ2n) is 24.5. The van der Waals surface area contributed by atoms with E-state index >= 15 is 0 Å². The van der Waals surface area contributed by atoms with E-state index in [4.69, 9.17) is 37.4 Å². The number of hydrogen-bond acceptors (Lipinski definition) is 17. The van der Waals surface area contributed by atoms with E-state index in [2.05, 4.69) is 42.5 Å². The topological polar surface area (TPSA) is 410 Å². The van der Waals surface area contributed by atoms with Crippen LogP contribution in [0, 0.1) is 5.92 Å². The molecule has 0 fully saturated rings. The number of alkyl halides is 2. The van der Waals surface area contributed by atoms with Crippen LogP contribution >= 0.6 is 23.2 Å². The second-order valence-corrected chi connectivity index (χ2v) is 25.1. The standard InChI is InChI=1S/C68H84Cl2N10O19/c1-37-63(91)75-39(3)65(93)77-49-31-50-60(46-14-10-8-12-44(46)49)41(33-69)35-79(50)56(85)16-6-5-7-17-57(86)80-36-42(34-70)61-47-15-11-9-13-45(47)52(32-51(61)80)99-68(96)40(4)76-64(92)38(2)74-55(84)23-27-98-29-25-72-67(95)62(78-53(82)19-21-59(89)90)48(30-43(81)18-20-58(87)88)66(94)71-24-28-97-26-22-54(83)73-37/h8-15,31-32,37-42,48,62H,5-7,16-30,33-36H2,1-4H3,(H,71,94)(H,72,95)(H,73,83)(H,74,84)(H,75,91)(H,76,92)(H,77,93)(H,78,82)(H,87,88)(H,89,90)/t37?,38?,39?,40?,41-,42-,48-,62+/m1/s1. The van der Waals surface area contributed by atoms with Crippen molar-refractivity contribution in [1.82, 2.24) is 37.2 Å². The normalized spacial score (nSPS) is 23.3. The van der Waals surface area contributed by atoms with Crippen LogP contribution in [0.4, 0.5) is 17.1 Å². The number of ketones is 1. The number of carbonyl (C=O) groups excluding carboxylic acids is 12. The number of nitrogens with one attached hydrogen (secondary N) is 8. The van der Waals surface area contributed by atoms with Crippen LogP contribution in [-0.4, -0.2) is 188 Å². The van der Waals surface area contributed by atoms with Crippen LogP contribution in [0.3, 0.4) is 0 Å². The zero-order valence-electron chi connectivity index (χ0n) is 55.4. The van der Waals surface area contributed by atoms with Gasteiger partial charge in [-0.05, 0) is 68.5 Å². The zero-order chi connectivity index (χ0) is 72.0. The van der Waals surface area contributed by atoms with Crippen molar-refractivity contribution in [2.75, 3.05) is 79.5 Å². The Morgan fingerprint density at radius 1 is 0.535 bits per heavy atom. The van der Waals surface area contributed by atoms with E-state index in [0.29, 0.717) is 52.5 Å². The summed E-state index contributed by atoms with van der Waals surface area (Å²) in [7, 11) is 0. The van der Waals surface area contributed by atoms with Crippen LogP contribution in [-0.2, 0) is 76.6 Å². The Labute approximate surface area is 580 Å². The molecule has 4 aromatic rings. The van der Waals surface area contributed by atoms with E-state index in [1.807, 2.05) is 30.3 Å². The Bertz CT molecular complexity index is 3490. The first-order valence-corrected chi connectivity index (χ1v) is 33.9. The molecule has 29 nitrogen and oxygen atoms in total. The van der Waals surface area contributed by atoms with Crippen molar-refractivity contribution < 1.29 is 91.5 Å². The number of hydrogen-bond donors (Lipinski definition) is 10. The lowest BCUT2D eigenvalue weighted by Gasteiger charge is -2.26. The first-order valence-electron chi connectivity index (χ1n) is 32.8. The quantitative estimate of drug-likeness (QED) is 0.0581. The summed E-state index contributed by atoms with van der Waals surface area (Å²) in [5.74, 6) is -12.7. The summed E-state index contributed by atoms with van der Waals surface area (Å²) in [4.78, 5) is 189. The first kappa shape index (κ1) is 77.0. The van der Waals surface area contributed by atoms with Crippen molar-refractivity contribution in [3.05, 3.63) is 71.8 Å². The number of anilines is 3. The van der Waals surface area contributed by atoms with Crippen LogP contribution in [0.25, 0.3) is 21.5 Å². The lowest BCUT2D eigenvalue weighted by Crippen LogP contribution is -2.55. The van der Waals surface area contributed by atoms with Gasteiger partial charge in [0.1, 0.15) is 41.7 Å². The molecule has 7 rings (SSSR count). The van der Waals surface area contributed by atoms with Gasteiger partial charge >= 0.3 is 17.9 Å². The summed E-state index contributed by atoms with van der Waals surface area (Å²) in [6.45, 7) is 4.64. The molecule has 4 unspecified atom stereocenters. The number of carboxylic acids is 2. The monoisotopic (exact) mass is 1410 g/mol. The molecule has 4 aromatic carbocycles. The maximum atomic E-state index is 14.2. The highest BCUT2D eigenvalue weighted by Gasteiger charge is 2.39.